The van der Waals surface area contributed by atoms with Crippen molar-refractivity contribution in [3.8, 4) is 0 Å². The van der Waals surface area contributed by atoms with Crippen molar-refractivity contribution in [2.75, 3.05) is 13.1 Å². The van der Waals surface area contributed by atoms with Crippen molar-refractivity contribution in [3.63, 3.8) is 0 Å². The zero-order chi connectivity index (χ0) is 10.5. The van der Waals surface area contributed by atoms with Crippen LogP contribution in [0.3, 0.4) is 0 Å². The molecule has 0 spiro atoms. The predicted octanol–water partition coefficient (Wildman–Crippen LogP) is 0.0255. The van der Waals surface area contributed by atoms with E-state index < -0.39 is 0 Å². The second-order valence-corrected chi connectivity index (χ2v) is 3.89. The zero-order valence-electron chi connectivity index (χ0n) is 8.62. The third kappa shape index (κ3) is 3.71. The molecule has 1 heterocycles. The molecule has 1 aliphatic carbocycles. The number of hydrogen-bond donors (Lipinski definition) is 3. The molecule has 15 heavy (non-hydrogen) atoms. The van der Waals surface area contributed by atoms with E-state index in [4.69, 9.17) is 0 Å². The highest BCUT2D eigenvalue weighted by Crippen LogP contribution is 2.27. The van der Waals surface area contributed by atoms with E-state index in [0.717, 1.165) is 18.3 Å². The van der Waals surface area contributed by atoms with Crippen LogP contribution in [0.2, 0.25) is 0 Å². The SMILES string of the molecule is O=C(CNCC1CC1)NCc1ncc[nH]1. The van der Waals surface area contributed by atoms with Crippen LogP contribution in [0.4, 0.5) is 0 Å². The molecule has 1 aromatic rings. The monoisotopic (exact) mass is 208 g/mol. The Kier molecular flexibility index (Phi) is 3.34. The summed E-state index contributed by atoms with van der Waals surface area (Å²) in [5.74, 6) is 1.61. The molecule has 5 nitrogen and oxygen atoms in total. The van der Waals surface area contributed by atoms with Crippen LogP contribution in [0, 0.1) is 5.92 Å². The molecule has 1 amide bonds. The van der Waals surface area contributed by atoms with Gasteiger partial charge in [-0.25, -0.2) is 4.98 Å². The minimum atomic E-state index is 0.0204. The van der Waals surface area contributed by atoms with Gasteiger partial charge in [0.1, 0.15) is 5.82 Å². The lowest BCUT2D eigenvalue weighted by molar-refractivity contribution is -0.120. The second-order valence-electron chi connectivity index (χ2n) is 3.89. The fourth-order valence-corrected chi connectivity index (χ4v) is 1.35. The van der Waals surface area contributed by atoms with Crippen LogP contribution >= 0.6 is 0 Å². The van der Waals surface area contributed by atoms with Crippen molar-refractivity contribution in [2.45, 2.75) is 19.4 Å². The Morgan fingerprint density at radius 2 is 2.47 bits per heavy atom. The molecule has 1 aliphatic rings. The summed E-state index contributed by atoms with van der Waals surface area (Å²) < 4.78 is 0. The number of nitrogens with zero attached hydrogens (tertiary/aromatic N) is 1. The lowest BCUT2D eigenvalue weighted by atomic mass is 10.4. The average Bonchev–Trinajstić information content (AvgIpc) is 2.91. The van der Waals surface area contributed by atoms with Crippen molar-refractivity contribution < 1.29 is 4.79 Å². The number of nitrogens with one attached hydrogen (secondary N) is 3. The van der Waals surface area contributed by atoms with Gasteiger partial charge in [-0.2, -0.15) is 0 Å². The van der Waals surface area contributed by atoms with Crippen LogP contribution in [0.25, 0.3) is 0 Å². The molecule has 1 aromatic heterocycles. The van der Waals surface area contributed by atoms with Gasteiger partial charge >= 0.3 is 0 Å². The Bertz CT molecular complexity index is 305. The van der Waals surface area contributed by atoms with Crippen LogP contribution in [-0.4, -0.2) is 29.0 Å². The highest BCUT2D eigenvalue weighted by molar-refractivity contribution is 5.77. The summed E-state index contributed by atoms with van der Waals surface area (Å²) in [5, 5.41) is 5.92. The summed E-state index contributed by atoms with van der Waals surface area (Å²) in [5.41, 5.74) is 0. The molecule has 0 aromatic carbocycles. The average molecular weight is 208 g/mol. The number of hydrogen-bond acceptors (Lipinski definition) is 3. The molecule has 2 rings (SSSR count). The minimum absolute atomic E-state index is 0.0204. The van der Waals surface area contributed by atoms with Gasteiger partial charge in [0, 0.05) is 12.4 Å². The van der Waals surface area contributed by atoms with E-state index in [1.165, 1.54) is 12.8 Å². The molecule has 0 aliphatic heterocycles. The number of rotatable bonds is 6. The van der Waals surface area contributed by atoms with Gasteiger partial charge in [-0.1, -0.05) is 0 Å². The van der Waals surface area contributed by atoms with Gasteiger partial charge < -0.3 is 15.6 Å². The Morgan fingerprint density at radius 3 is 3.13 bits per heavy atom. The summed E-state index contributed by atoms with van der Waals surface area (Å²) in [7, 11) is 0. The van der Waals surface area contributed by atoms with E-state index in [1.807, 2.05) is 0 Å². The Hall–Kier alpha value is -1.36. The Morgan fingerprint density at radius 1 is 1.60 bits per heavy atom. The molecular formula is C10H16N4O. The fraction of sp³-hybridized carbons (Fsp3) is 0.600. The molecule has 82 valence electrons. The van der Waals surface area contributed by atoms with Crippen molar-refractivity contribution >= 4 is 5.91 Å². The van der Waals surface area contributed by atoms with Crippen LogP contribution < -0.4 is 10.6 Å². The number of carbonyl (C=O) groups excluding carboxylic acids is 1. The maximum absolute atomic E-state index is 11.3. The Balaban J connectivity index is 1.55. The topological polar surface area (TPSA) is 69.8 Å². The normalized spacial score (nSPS) is 15.2. The summed E-state index contributed by atoms with van der Waals surface area (Å²) in [6.45, 7) is 1.84. The lowest BCUT2D eigenvalue weighted by Crippen LogP contribution is -2.34. The summed E-state index contributed by atoms with van der Waals surface area (Å²) in [4.78, 5) is 18.3. The van der Waals surface area contributed by atoms with Crippen LogP contribution in [0.15, 0.2) is 12.4 Å². The number of aromatic nitrogens is 2. The van der Waals surface area contributed by atoms with Gasteiger partial charge in [0.2, 0.25) is 5.91 Å². The molecule has 0 radical (unpaired) electrons. The van der Waals surface area contributed by atoms with Crippen LogP contribution in [-0.2, 0) is 11.3 Å². The number of carbonyl (C=O) groups is 1. The van der Waals surface area contributed by atoms with Crippen LogP contribution in [0.5, 0.6) is 0 Å². The first kappa shape index (κ1) is 10.2. The van der Waals surface area contributed by atoms with Crippen molar-refractivity contribution in [3.05, 3.63) is 18.2 Å². The van der Waals surface area contributed by atoms with Gasteiger partial charge in [0.05, 0.1) is 13.1 Å². The van der Waals surface area contributed by atoms with E-state index in [2.05, 4.69) is 20.6 Å². The highest BCUT2D eigenvalue weighted by Gasteiger charge is 2.20. The van der Waals surface area contributed by atoms with E-state index in [0.29, 0.717) is 13.1 Å². The minimum Gasteiger partial charge on any atom is -0.348 e. The van der Waals surface area contributed by atoms with Crippen molar-refractivity contribution in [2.24, 2.45) is 5.92 Å². The summed E-state index contributed by atoms with van der Waals surface area (Å²) >= 11 is 0. The lowest BCUT2D eigenvalue weighted by Gasteiger charge is -2.04. The van der Waals surface area contributed by atoms with Crippen molar-refractivity contribution in [1.29, 1.82) is 0 Å². The van der Waals surface area contributed by atoms with Gasteiger partial charge in [-0.05, 0) is 25.3 Å². The van der Waals surface area contributed by atoms with E-state index in [-0.39, 0.29) is 5.91 Å². The number of aromatic amines is 1. The summed E-state index contributed by atoms with van der Waals surface area (Å²) in [6, 6.07) is 0. The predicted molar refractivity (Wildman–Crippen MR) is 56.0 cm³/mol. The Labute approximate surface area is 88.7 Å². The third-order valence-electron chi connectivity index (χ3n) is 2.42. The molecular weight excluding hydrogens is 192 g/mol. The van der Waals surface area contributed by atoms with E-state index in [1.54, 1.807) is 12.4 Å². The molecule has 0 saturated heterocycles. The maximum Gasteiger partial charge on any atom is 0.234 e. The quantitative estimate of drug-likeness (QED) is 0.617. The van der Waals surface area contributed by atoms with Gasteiger partial charge in [0.25, 0.3) is 0 Å². The number of amides is 1. The summed E-state index contributed by atoms with van der Waals surface area (Å²) in [6.07, 6.45) is 6.03. The molecule has 1 saturated carbocycles. The number of imidazole rings is 1. The smallest absolute Gasteiger partial charge is 0.234 e. The fourth-order valence-electron chi connectivity index (χ4n) is 1.35. The molecule has 0 unspecified atom stereocenters. The molecule has 5 heteroatoms. The molecule has 1 fully saturated rings. The third-order valence-corrected chi connectivity index (χ3v) is 2.42. The first-order valence-electron chi connectivity index (χ1n) is 5.30. The molecule has 3 N–H and O–H groups in total. The first-order chi connectivity index (χ1) is 7.34. The molecule has 0 atom stereocenters. The van der Waals surface area contributed by atoms with E-state index in [9.17, 15) is 4.79 Å². The highest BCUT2D eigenvalue weighted by atomic mass is 16.1. The molecule has 0 bridgehead atoms. The second kappa shape index (κ2) is 4.93. The standard InChI is InChI=1S/C10H16N4O/c15-10(7-11-5-8-1-2-8)14-6-9-12-3-4-13-9/h3-4,8,11H,1-2,5-7H2,(H,12,13)(H,14,15). The number of H-pyrrole nitrogens is 1. The van der Waals surface area contributed by atoms with Gasteiger partial charge in [-0.3, -0.25) is 4.79 Å². The van der Waals surface area contributed by atoms with Gasteiger partial charge in [-0.15, -0.1) is 0 Å². The van der Waals surface area contributed by atoms with Crippen molar-refractivity contribution in [1.82, 2.24) is 20.6 Å². The largest absolute Gasteiger partial charge is 0.348 e. The zero-order valence-corrected chi connectivity index (χ0v) is 8.62. The maximum atomic E-state index is 11.3. The first-order valence-corrected chi connectivity index (χ1v) is 5.30. The van der Waals surface area contributed by atoms with Crippen LogP contribution in [0.1, 0.15) is 18.7 Å². The van der Waals surface area contributed by atoms with Gasteiger partial charge in [0.15, 0.2) is 0 Å². The van der Waals surface area contributed by atoms with E-state index >= 15 is 0 Å².